The van der Waals surface area contributed by atoms with Crippen molar-refractivity contribution < 1.29 is 0 Å². The van der Waals surface area contributed by atoms with E-state index >= 15 is 0 Å². The van der Waals surface area contributed by atoms with Crippen molar-refractivity contribution in [2.75, 3.05) is 12.0 Å². The van der Waals surface area contributed by atoms with E-state index in [0.29, 0.717) is 11.4 Å². The van der Waals surface area contributed by atoms with Gasteiger partial charge in [-0.1, -0.05) is 12.1 Å². The summed E-state index contributed by atoms with van der Waals surface area (Å²) in [4.78, 5) is 15.1. The molecule has 126 valence electrons. The fraction of sp³-hybridized carbons (Fsp3) is 0.105. The number of rotatable bonds is 5. The third kappa shape index (κ3) is 4.90. The lowest BCUT2D eigenvalue weighted by molar-refractivity contribution is 1.13. The molecule has 0 bridgehead atoms. The second-order valence-electron chi connectivity index (χ2n) is 4.93. The van der Waals surface area contributed by atoms with Gasteiger partial charge in [-0.3, -0.25) is 9.98 Å². The Hall–Kier alpha value is -3.17. The maximum atomic E-state index is 5.09. The predicted octanol–water partition coefficient (Wildman–Crippen LogP) is 4.30. The molecular formula is C19H19N5S. The molecule has 0 amide bonds. The normalized spacial score (nSPS) is 11.2. The SMILES string of the molecule is C#C.C/C=C\C(=N/CNc1ccc2[nH]c(=S)[nH]c2c1)c1ccccn1. The molecule has 0 saturated heterocycles. The van der Waals surface area contributed by atoms with Crippen LogP contribution in [-0.4, -0.2) is 27.3 Å². The largest absolute Gasteiger partial charge is 0.366 e. The Balaban J connectivity index is 0.00000109. The molecule has 2 aromatic heterocycles. The van der Waals surface area contributed by atoms with Gasteiger partial charge in [0.1, 0.15) is 6.67 Å². The van der Waals surface area contributed by atoms with Crippen LogP contribution in [0.4, 0.5) is 5.69 Å². The van der Waals surface area contributed by atoms with Crippen molar-refractivity contribution in [2.45, 2.75) is 6.92 Å². The van der Waals surface area contributed by atoms with Crippen LogP contribution in [0.15, 0.2) is 59.7 Å². The lowest BCUT2D eigenvalue weighted by Crippen LogP contribution is -2.05. The lowest BCUT2D eigenvalue weighted by atomic mass is 10.2. The summed E-state index contributed by atoms with van der Waals surface area (Å²) in [6, 6.07) is 11.8. The van der Waals surface area contributed by atoms with Gasteiger partial charge in [0.25, 0.3) is 0 Å². The predicted molar refractivity (Wildman–Crippen MR) is 107 cm³/mol. The summed E-state index contributed by atoms with van der Waals surface area (Å²) in [5.74, 6) is 0. The van der Waals surface area contributed by atoms with Crippen molar-refractivity contribution in [2.24, 2.45) is 4.99 Å². The minimum absolute atomic E-state index is 0.465. The van der Waals surface area contributed by atoms with E-state index in [2.05, 4.69) is 38.1 Å². The van der Waals surface area contributed by atoms with Crippen molar-refractivity contribution in [1.29, 1.82) is 0 Å². The Bertz CT molecular complexity index is 948. The van der Waals surface area contributed by atoms with Crippen molar-refractivity contribution >= 4 is 34.7 Å². The molecule has 0 radical (unpaired) electrons. The number of anilines is 1. The van der Waals surface area contributed by atoms with Crippen LogP contribution in [0.2, 0.25) is 0 Å². The Morgan fingerprint density at radius 3 is 2.76 bits per heavy atom. The van der Waals surface area contributed by atoms with Crippen molar-refractivity contribution in [3.05, 3.63) is 65.2 Å². The van der Waals surface area contributed by atoms with Crippen LogP contribution in [0, 0.1) is 17.6 Å². The van der Waals surface area contributed by atoms with Gasteiger partial charge in [-0.05, 0) is 55.5 Å². The zero-order valence-electron chi connectivity index (χ0n) is 13.9. The van der Waals surface area contributed by atoms with Crippen LogP contribution >= 0.6 is 12.2 Å². The molecule has 6 heteroatoms. The highest BCUT2D eigenvalue weighted by atomic mass is 32.1. The lowest BCUT2D eigenvalue weighted by Gasteiger charge is -2.05. The topological polar surface area (TPSA) is 68.9 Å². The minimum Gasteiger partial charge on any atom is -0.366 e. The van der Waals surface area contributed by atoms with E-state index in [1.165, 1.54) is 0 Å². The molecule has 0 spiro atoms. The summed E-state index contributed by atoms with van der Waals surface area (Å²) in [7, 11) is 0. The third-order valence-corrected chi connectivity index (χ3v) is 3.50. The number of terminal acetylenes is 1. The van der Waals surface area contributed by atoms with Gasteiger partial charge in [0.2, 0.25) is 0 Å². The van der Waals surface area contributed by atoms with Crippen LogP contribution in [0.5, 0.6) is 0 Å². The maximum absolute atomic E-state index is 5.09. The first-order chi connectivity index (χ1) is 12.3. The number of hydrogen-bond acceptors (Lipinski definition) is 4. The number of aromatic nitrogens is 3. The number of fused-ring (bicyclic) bond motifs is 1. The summed E-state index contributed by atoms with van der Waals surface area (Å²) in [6.45, 7) is 2.43. The Kier molecular flexibility index (Phi) is 6.69. The first-order valence-corrected chi connectivity index (χ1v) is 8.05. The molecule has 0 saturated carbocycles. The van der Waals surface area contributed by atoms with E-state index in [-0.39, 0.29) is 0 Å². The third-order valence-electron chi connectivity index (χ3n) is 3.30. The summed E-state index contributed by atoms with van der Waals surface area (Å²) in [5.41, 5.74) is 4.65. The van der Waals surface area contributed by atoms with Gasteiger partial charge in [0.15, 0.2) is 4.77 Å². The minimum atomic E-state index is 0.465. The highest BCUT2D eigenvalue weighted by molar-refractivity contribution is 7.71. The number of nitrogens with zero attached hydrogens (tertiary/aromatic N) is 2. The Morgan fingerprint density at radius 2 is 2.04 bits per heavy atom. The molecule has 3 aromatic rings. The first-order valence-electron chi connectivity index (χ1n) is 7.64. The molecule has 0 fully saturated rings. The summed E-state index contributed by atoms with van der Waals surface area (Å²) < 4.78 is 0.626. The average molecular weight is 349 g/mol. The molecule has 2 heterocycles. The van der Waals surface area contributed by atoms with E-state index in [1.54, 1.807) is 6.20 Å². The number of allylic oxidation sites excluding steroid dienone is 2. The maximum Gasteiger partial charge on any atom is 0.175 e. The van der Waals surface area contributed by atoms with E-state index in [0.717, 1.165) is 28.1 Å². The van der Waals surface area contributed by atoms with Crippen molar-refractivity contribution in [3.63, 3.8) is 0 Å². The van der Waals surface area contributed by atoms with Crippen LogP contribution in [-0.2, 0) is 0 Å². The van der Waals surface area contributed by atoms with Crippen molar-refractivity contribution in [3.8, 4) is 12.8 Å². The van der Waals surface area contributed by atoms with Crippen LogP contribution in [0.25, 0.3) is 11.0 Å². The van der Waals surface area contributed by atoms with Gasteiger partial charge >= 0.3 is 0 Å². The molecule has 3 rings (SSSR count). The molecule has 0 atom stereocenters. The van der Waals surface area contributed by atoms with Crippen LogP contribution in [0.3, 0.4) is 0 Å². The second kappa shape index (κ2) is 9.21. The van der Waals surface area contributed by atoms with Gasteiger partial charge < -0.3 is 15.3 Å². The van der Waals surface area contributed by atoms with E-state index in [9.17, 15) is 0 Å². The number of pyridine rings is 1. The zero-order chi connectivity index (χ0) is 18.1. The molecular weight excluding hydrogens is 330 g/mol. The molecule has 0 unspecified atom stereocenters. The molecule has 0 aliphatic heterocycles. The van der Waals surface area contributed by atoms with Crippen LogP contribution in [0.1, 0.15) is 12.6 Å². The first kappa shape index (κ1) is 18.2. The number of imidazole rings is 1. The van der Waals surface area contributed by atoms with Gasteiger partial charge in [-0.25, -0.2) is 0 Å². The van der Waals surface area contributed by atoms with Gasteiger partial charge in [0, 0.05) is 11.9 Å². The van der Waals surface area contributed by atoms with E-state index < -0.39 is 0 Å². The van der Waals surface area contributed by atoms with Gasteiger partial charge in [-0.15, -0.1) is 12.8 Å². The van der Waals surface area contributed by atoms with Crippen molar-refractivity contribution in [1.82, 2.24) is 15.0 Å². The number of H-pyrrole nitrogens is 2. The number of hydrogen-bond donors (Lipinski definition) is 3. The molecule has 25 heavy (non-hydrogen) atoms. The second-order valence-corrected chi connectivity index (χ2v) is 5.34. The smallest absolute Gasteiger partial charge is 0.175 e. The standard InChI is InChI=1S/C17H17N5S.C2H2/c1-2-5-13(14-6-3-4-9-18-14)20-11-19-12-7-8-15-16(10-12)22-17(23)21-15;1-2/h2-10,19H,11H2,1H3,(H2,21,22,23);1-2H/b5-2-,20-13+;. The van der Waals surface area contributed by atoms with Gasteiger partial charge in [-0.2, -0.15) is 0 Å². The number of nitrogens with one attached hydrogen (secondary N) is 3. The van der Waals surface area contributed by atoms with Crippen LogP contribution < -0.4 is 5.32 Å². The molecule has 3 N–H and O–H groups in total. The molecule has 0 aliphatic carbocycles. The summed E-state index contributed by atoms with van der Waals surface area (Å²) >= 11 is 5.09. The quantitative estimate of drug-likeness (QED) is 0.365. The Labute approximate surface area is 151 Å². The fourth-order valence-electron chi connectivity index (χ4n) is 2.25. The van der Waals surface area contributed by atoms with E-state index in [4.69, 9.17) is 12.2 Å². The zero-order valence-corrected chi connectivity index (χ0v) is 14.7. The molecule has 0 aliphatic rings. The highest BCUT2D eigenvalue weighted by Gasteiger charge is 2.01. The average Bonchev–Trinajstić information content (AvgIpc) is 3.03. The number of aromatic amines is 2. The molecule has 1 aromatic carbocycles. The van der Waals surface area contributed by atoms with E-state index in [1.807, 2.05) is 55.5 Å². The monoisotopic (exact) mass is 349 g/mol. The number of benzene rings is 1. The summed E-state index contributed by atoms with van der Waals surface area (Å²) in [5, 5.41) is 3.29. The molecule has 5 nitrogen and oxygen atoms in total. The highest BCUT2D eigenvalue weighted by Crippen LogP contribution is 2.16. The number of aliphatic imine (C=N–C) groups is 1. The Morgan fingerprint density at radius 1 is 1.24 bits per heavy atom. The van der Waals surface area contributed by atoms with Gasteiger partial charge in [0.05, 0.1) is 22.4 Å². The summed E-state index contributed by atoms with van der Waals surface area (Å²) in [6.07, 6.45) is 13.7. The fourth-order valence-corrected chi connectivity index (χ4v) is 2.47.